The Morgan fingerprint density at radius 1 is 1.09 bits per heavy atom. The summed E-state index contributed by atoms with van der Waals surface area (Å²) in [5, 5.41) is 4.20. The summed E-state index contributed by atoms with van der Waals surface area (Å²) in [6.45, 7) is 0.577. The van der Waals surface area contributed by atoms with Crippen molar-refractivity contribution in [1.29, 1.82) is 0 Å². The van der Waals surface area contributed by atoms with Crippen LogP contribution in [-0.4, -0.2) is 30.7 Å². The van der Waals surface area contributed by atoms with E-state index in [4.69, 9.17) is 10.5 Å². The molecule has 0 spiro atoms. The number of nitrogens with two attached hydrogens (primary N) is 1. The van der Waals surface area contributed by atoms with Gasteiger partial charge in [0.1, 0.15) is 23.2 Å². The van der Waals surface area contributed by atoms with Crippen molar-refractivity contribution in [2.24, 2.45) is 11.7 Å². The van der Waals surface area contributed by atoms with Crippen LogP contribution in [0.4, 0.5) is 13.2 Å². The average molecular weight is 470 g/mol. The molecule has 1 atom stereocenters. The predicted octanol–water partition coefficient (Wildman–Crippen LogP) is 5.39. The molecule has 3 N–H and O–H groups in total. The first-order chi connectivity index (χ1) is 16.4. The van der Waals surface area contributed by atoms with Crippen LogP contribution in [0, 0.1) is 23.4 Å². The van der Waals surface area contributed by atoms with Gasteiger partial charge in [-0.25, -0.2) is 13.2 Å². The Balaban J connectivity index is 1.30. The zero-order valence-electron chi connectivity index (χ0n) is 19.2. The van der Waals surface area contributed by atoms with Gasteiger partial charge in [-0.2, -0.15) is 0 Å². The lowest BCUT2D eigenvalue weighted by Gasteiger charge is -2.32. The van der Waals surface area contributed by atoms with E-state index < -0.39 is 11.6 Å². The standard InChI is InChI=1S/C27H30F3N3O/c1-34-21-9-11-27-23(14-21)22(25(30)16-33-27)15-26(31)17-4-7-20(8-5-17)32-12-2-3-18-13-19(28)6-10-24(18)29/h2-3,6,9-11,13-14,16-17,20,26,32H,4-5,7-8,12,15,31H2,1H3/b3-2+/t17-,20+,26-/m0/s1. The predicted molar refractivity (Wildman–Crippen MR) is 129 cm³/mol. The van der Waals surface area contributed by atoms with Crippen molar-refractivity contribution in [3.8, 4) is 5.75 Å². The Kier molecular flexibility index (Phi) is 7.85. The lowest BCUT2D eigenvalue weighted by Crippen LogP contribution is -2.40. The van der Waals surface area contributed by atoms with E-state index in [0.29, 0.717) is 36.2 Å². The SMILES string of the molecule is COc1ccc2ncc(F)c(C[C@H](N)[C@H]3CC[C@@H](NC/C=C/c4cc(F)ccc4F)CC3)c2c1. The third kappa shape index (κ3) is 5.77. The molecule has 1 aliphatic rings. The van der Waals surface area contributed by atoms with E-state index in [1.807, 2.05) is 18.2 Å². The number of benzene rings is 2. The maximum atomic E-state index is 14.7. The minimum absolute atomic E-state index is 0.150. The van der Waals surface area contributed by atoms with Crippen molar-refractivity contribution in [2.75, 3.05) is 13.7 Å². The van der Waals surface area contributed by atoms with Gasteiger partial charge in [0.2, 0.25) is 0 Å². The molecule has 0 radical (unpaired) electrons. The fourth-order valence-corrected chi connectivity index (χ4v) is 4.75. The van der Waals surface area contributed by atoms with E-state index in [9.17, 15) is 13.2 Å². The van der Waals surface area contributed by atoms with Crippen LogP contribution in [-0.2, 0) is 6.42 Å². The van der Waals surface area contributed by atoms with Crippen molar-refractivity contribution in [3.63, 3.8) is 0 Å². The van der Waals surface area contributed by atoms with Gasteiger partial charge in [-0.05, 0) is 74.4 Å². The van der Waals surface area contributed by atoms with Crippen molar-refractivity contribution in [2.45, 2.75) is 44.2 Å². The molecule has 7 heteroatoms. The van der Waals surface area contributed by atoms with Gasteiger partial charge in [0.05, 0.1) is 18.8 Å². The van der Waals surface area contributed by atoms with Gasteiger partial charge in [0, 0.05) is 35.1 Å². The molecule has 1 heterocycles. The molecule has 34 heavy (non-hydrogen) atoms. The van der Waals surface area contributed by atoms with Gasteiger partial charge in [-0.15, -0.1) is 0 Å². The quantitative estimate of drug-likeness (QED) is 0.464. The monoisotopic (exact) mass is 469 g/mol. The van der Waals surface area contributed by atoms with Crippen LogP contribution in [0.25, 0.3) is 17.0 Å². The molecule has 4 rings (SSSR count). The highest BCUT2D eigenvalue weighted by molar-refractivity contribution is 5.83. The zero-order chi connectivity index (χ0) is 24.1. The molecule has 3 aromatic rings. The van der Waals surface area contributed by atoms with Gasteiger partial charge in [-0.3, -0.25) is 4.98 Å². The van der Waals surface area contributed by atoms with Crippen LogP contribution in [0.1, 0.15) is 36.8 Å². The van der Waals surface area contributed by atoms with Gasteiger partial charge < -0.3 is 15.8 Å². The summed E-state index contributed by atoms with van der Waals surface area (Å²) < 4.78 is 46.9. The van der Waals surface area contributed by atoms with E-state index in [2.05, 4.69) is 10.3 Å². The van der Waals surface area contributed by atoms with Crippen LogP contribution in [0.2, 0.25) is 0 Å². The molecule has 0 saturated heterocycles. The highest BCUT2D eigenvalue weighted by atomic mass is 19.1. The van der Waals surface area contributed by atoms with Crippen molar-refractivity contribution in [3.05, 3.63) is 77.2 Å². The van der Waals surface area contributed by atoms with Gasteiger partial charge >= 0.3 is 0 Å². The van der Waals surface area contributed by atoms with E-state index in [0.717, 1.165) is 48.7 Å². The Hall–Kier alpha value is -2.90. The van der Waals surface area contributed by atoms with Crippen LogP contribution in [0.5, 0.6) is 5.75 Å². The number of pyridine rings is 1. The van der Waals surface area contributed by atoms with E-state index >= 15 is 0 Å². The van der Waals surface area contributed by atoms with Crippen LogP contribution in [0.3, 0.4) is 0 Å². The van der Waals surface area contributed by atoms with Crippen LogP contribution in [0.15, 0.2) is 48.7 Å². The maximum absolute atomic E-state index is 14.7. The highest BCUT2D eigenvalue weighted by Gasteiger charge is 2.26. The largest absolute Gasteiger partial charge is 0.497 e. The summed E-state index contributed by atoms with van der Waals surface area (Å²) in [7, 11) is 1.58. The summed E-state index contributed by atoms with van der Waals surface area (Å²) >= 11 is 0. The lowest BCUT2D eigenvalue weighted by molar-refractivity contribution is 0.260. The topological polar surface area (TPSA) is 60.2 Å². The summed E-state index contributed by atoms with van der Waals surface area (Å²) in [6, 6.07) is 9.07. The Labute approximate surface area is 198 Å². The number of ether oxygens (including phenoxy) is 1. The number of nitrogens with zero attached hydrogens (tertiary/aromatic N) is 1. The summed E-state index contributed by atoms with van der Waals surface area (Å²) in [5.41, 5.74) is 8.11. The molecule has 1 saturated carbocycles. The molecule has 1 aromatic heterocycles. The number of halogens is 3. The molecule has 4 nitrogen and oxygen atoms in total. The number of aromatic nitrogens is 1. The number of methoxy groups -OCH3 is 1. The molecule has 180 valence electrons. The molecule has 1 aliphatic carbocycles. The fourth-order valence-electron chi connectivity index (χ4n) is 4.75. The molecule has 0 unspecified atom stereocenters. The Morgan fingerprint density at radius 3 is 2.65 bits per heavy atom. The first-order valence-corrected chi connectivity index (χ1v) is 11.7. The molecule has 1 fully saturated rings. The van der Waals surface area contributed by atoms with Gasteiger partial charge in [0.25, 0.3) is 0 Å². The second-order valence-corrected chi connectivity index (χ2v) is 8.92. The molecule has 0 aliphatic heterocycles. The molecular formula is C27H30F3N3O. The number of nitrogens with one attached hydrogen (secondary N) is 1. The van der Waals surface area contributed by atoms with Gasteiger partial charge in [0.15, 0.2) is 0 Å². The number of hydrogen-bond acceptors (Lipinski definition) is 4. The maximum Gasteiger partial charge on any atom is 0.145 e. The fraction of sp³-hybridized carbons (Fsp3) is 0.370. The van der Waals surface area contributed by atoms with Crippen molar-refractivity contribution >= 4 is 17.0 Å². The van der Waals surface area contributed by atoms with Crippen molar-refractivity contribution in [1.82, 2.24) is 10.3 Å². The number of fused-ring (bicyclic) bond motifs is 1. The zero-order valence-corrected chi connectivity index (χ0v) is 19.2. The Bertz CT molecular complexity index is 1160. The first kappa shape index (κ1) is 24.2. The van der Waals surface area contributed by atoms with Crippen LogP contribution >= 0.6 is 0 Å². The van der Waals surface area contributed by atoms with E-state index in [1.165, 1.54) is 12.3 Å². The number of rotatable bonds is 8. The molecule has 2 aromatic carbocycles. The summed E-state index contributed by atoms with van der Waals surface area (Å²) in [5.74, 6) is -0.266. The van der Waals surface area contributed by atoms with E-state index in [-0.39, 0.29) is 17.4 Å². The third-order valence-electron chi connectivity index (χ3n) is 6.73. The first-order valence-electron chi connectivity index (χ1n) is 11.7. The van der Waals surface area contributed by atoms with E-state index in [1.54, 1.807) is 19.3 Å². The lowest BCUT2D eigenvalue weighted by atomic mass is 9.79. The van der Waals surface area contributed by atoms with Crippen LogP contribution < -0.4 is 15.8 Å². The second-order valence-electron chi connectivity index (χ2n) is 8.92. The average Bonchev–Trinajstić information content (AvgIpc) is 2.85. The smallest absolute Gasteiger partial charge is 0.145 e. The minimum Gasteiger partial charge on any atom is -0.497 e. The summed E-state index contributed by atoms with van der Waals surface area (Å²) in [4.78, 5) is 4.19. The van der Waals surface area contributed by atoms with Gasteiger partial charge in [-0.1, -0.05) is 12.2 Å². The number of hydrogen-bond donors (Lipinski definition) is 2. The minimum atomic E-state index is -0.456. The molecular weight excluding hydrogens is 439 g/mol. The second kappa shape index (κ2) is 11.0. The molecule has 0 amide bonds. The third-order valence-corrected chi connectivity index (χ3v) is 6.73. The Morgan fingerprint density at radius 2 is 1.88 bits per heavy atom. The highest BCUT2D eigenvalue weighted by Crippen LogP contribution is 2.30. The molecule has 0 bridgehead atoms. The van der Waals surface area contributed by atoms with Crippen molar-refractivity contribution < 1.29 is 17.9 Å². The normalized spacial score (nSPS) is 19.6. The summed E-state index contributed by atoms with van der Waals surface area (Å²) in [6.07, 6.45) is 8.95.